The van der Waals surface area contributed by atoms with Crippen LogP contribution in [0.4, 0.5) is 37.7 Å². The van der Waals surface area contributed by atoms with Crippen LogP contribution in [0.3, 0.4) is 0 Å². The van der Waals surface area contributed by atoms with Crippen LogP contribution >= 0.6 is 11.9 Å². The Kier molecular flexibility index (Phi) is 7.51. The van der Waals surface area contributed by atoms with Gasteiger partial charge in [-0.1, -0.05) is 6.07 Å². The Bertz CT molecular complexity index is 1380. The van der Waals surface area contributed by atoms with Crippen LogP contribution in [0.2, 0.25) is 0 Å². The van der Waals surface area contributed by atoms with Crippen molar-refractivity contribution in [2.24, 2.45) is 0 Å². The number of aromatic nitrogens is 1. The number of ether oxygens (including phenoxy) is 2. The predicted octanol–water partition coefficient (Wildman–Crippen LogP) is 7.77. The lowest BCUT2D eigenvalue weighted by Gasteiger charge is -2.14. The van der Waals surface area contributed by atoms with Gasteiger partial charge in [0, 0.05) is 34.4 Å². The molecule has 1 aromatic heterocycles. The minimum atomic E-state index is -4.77. The van der Waals surface area contributed by atoms with Gasteiger partial charge in [-0.15, -0.1) is 26.3 Å². The largest absolute Gasteiger partial charge is 0.573 e. The van der Waals surface area contributed by atoms with Gasteiger partial charge < -0.3 is 20.1 Å². The molecular formula is C25H21F6N3O2S. The van der Waals surface area contributed by atoms with Gasteiger partial charge in [-0.3, -0.25) is 3.97 Å². The fourth-order valence-corrected chi connectivity index (χ4v) is 4.61. The zero-order valence-electron chi connectivity index (χ0n) is 19.5. The summed E-state index contributed by atoms with van der Waals surface area (Å²) in [5.41, 5.74) is 3.72. The van der Waals surface area contributed by atoms with Crippen LogP contribution in [0, 0.1) is 6.92 Å². The summed E-state index contributed by atoms with van der Waals surface area (Å²) in [6, 6.07) is 15.3. The van der Waals surface area contributed by atoms with E-state index in [1.807, 2.05) is 35.4 Å². The molecule has 0 bridgehead atoms. The minimum Gasteiger partial charge on any atom is -0.406 e. The van der Waals surface area contributed by atoms with E-state index in [0.29, 0.717) is 28.4 Å². The molecule has 0 aliphatic carbocycles. The summed E-state index contributed by atoms with van der Waals surface area (Å²) in [6.45, 7) is 2.26. The lowest BCUT2D eigenvalue weighted by Crippen LogP contribution is -2.17. The molecule has 12 heteroatoms. The predicted molar refractivity (Wildman–Crippen MR) is 130 cm³/mol. The van der Waals surface area contributed by atoms with Crippen LogP contribution in [0.15, 0.2) is 71.8 Å². The van der Waals surface area contributed by atoms with Crippen LogP contribution in [0.25, 0.3) is 10.9 Å². The first-order valence-electron chi connectivity index (χ1n) is 10.9. The molecule has 1 heterocycles. The van der Waals surface area contributed by atoms with Crippen molar-refractivity contribution < 1.29 is 35.8 Å². The summed E-state index contributed by atoms with van der Waals surface area (Å²) in [4.78, 5) is 0.692. The number of hydrogen-bond acceptors (Lipinski definition) is 5. The second kappa shape index (κ2) is 10.5. The van der Waals surface area contributed by atoms with Gasteiger partial charge in [0.25, 0.3) is 0 Å². The minimum absolute atomic E-state index is 0.306. The first-order valence-corrected chi connectivity index (χ1v) is 11.6. The number of anilines is 2. The fourth-order valence-electron chi connectivity index (χ4n) is 3.70. The number of halogens is 6. The third-order valence-electron chi connectivity index (χ3n) is 5.19. The average Bonchev–Trinajstić information content (AvgIpc) is 3.12. The molecule has 0 atom stereocenters. The van der Waals surface area contributed by atoms with Crippen molar-refractivity contribution in [1.82, 2.24) is 9.29 Å². The van der Waals surface area contributed by atoms with Gasteiger partial charge in [-0.2, -0.15) is 0 Å². The third-order valence-corrected chi connectivity index (χ3v) is 6.17. The quantitative estimate of drug-likeness (QED) is 0.223. The van der Waals surface area contributed by atoms with Crippen molar-refractivity contribution >= 4 is 34.2 Å². The van der Waals surface area contributed by atoms with Crippen LogP contribution in [-0.4, -0.2) is 23.7 Å². The second-order valence-electron chi connectivity index (χ2n) is 8.00. The Labute approximate surface area is 212 Å². The van der Waals surface area contributed by atoms with E-state index in [1.54, 1.807) is 6.92 Å². The molecule has 0 aliphatic heterocycles. The molecule has 4 rings (SSSR count). The Hall–Kier alpha value is -3.51. The molecule has 196 valence electrons. The maximum absolute atomic E-state index is 12.5. The lowest BCUT2D eigenvalue weighted by molar-refractivity contribution is -0.275. The van der Waals surface area contributed by atoms with Gasteiger partial charge >= 0.3 is 12.7 Å². The number of fused-ring (bicyclic) bond motifs is 1. The molecule has 0 saturated heterocycles. The van der Waals surface area contributed by atoms with Gasteiger partial charge in [-0.05, 0) is 91.6 Å². The van der Waals surface area contributed by atoms with Crippen LogP contribution < -0.4 is 20.1 Å². The molecule has 0 saturated carbocycles. The van der Waals surface area contributed by atoms with Gasteiger partial charge in [0.2, 0.25) is 0 Å². The van der Waals surface area contributed by atoms with E-state index in [4.69, 9.17) is 0 Å². The smallest absolute Gasteiger partial charge is 0.406 e. The molecule has 3 aromatic carbocycles. The first kappa shape index (κ1) is 26.6. The van der Waals surface area contributed by atoms with Gasteiger partial charge in [-0.25, -0.2) is 0 Å². The average molecular weight is 542 g/mol. The fraction of sp³-hybridized carbons (Fsp3) is 0.200. The van der Waals surface area contributed by atoms with Crippen molar-refractivity contribution in [2.75, 3.05) is 12.4 Å². The van der Waals surface area contributed by atoms with Crippen LogP contribution in [-0.2, 0) is 6.54 Å². The second-order valence-corrected chi connectivity index (χ2v) is 9.05. The van der Waals surface area contributed by atoms with Gasteiger partial charge in [0.05, 0.1) is 5.52 Å². The summed E-state index contributed by atoms with van der Waals surface area (Å²) >= 11 is 1.32. The van der Waals surface area contributed by atoms with Crippen molar-refractivity contribution in [2.45, 2.75) is 31.1 Å². The monoisotopic (exact) mass is 541 g/mol. The number of alkyl halides is 6. The number of rotatable bonds is 8. The van der Waals surface area contributed by atoms with E-state index in [-0.39, 0.29) is 11.5 Å². The standard InChI is InChI=1S/C25H21F6N3O2S/c1-15-11-19(36-25(29,30)31)6-10-22(15)33-17-3-9-21-16(13-32-2)14-34(23(21)12-17)37-20-7-4-18(5-8-20)35-24(26,27)28/h3-12,14,32-33H,13H2,1-2H3. The summed E-state index contributed by atoms with van der Waals surface area (Å²) in [5, 5.41) is 7.30. The first-order chi connectivity index (χ1) is 17.4. The number of hydrogen-bond donors (Lipinski definition) is 2. The third kappa shape index (κ3) is 7.04. The van der Waals surface area contributed by atoms with Crippen molar-refractivity contribution in [3.05, 3.63) is 78.0 Å². The highest BCUT2D eigenvalue weighted by atomic mass is 32.2. The SMILES string of the molecule is CNCc1cn(Sc2ccc(OC(F)(F)F)cc2)c2cc(Nc3ccc(OC(F)(F)F)cc3C)ccc12. The van der Waals surface area contributed by atoms with E-state index >= 15 is 0 Å². The molecule has 0 unspecified atom stereocenters. The van der Waals surface area contributed by atoms with Gasteiger partial charge in [0.15, 0.2) is 0 Å². The Morgan fingerprint density at radius 2 is 1.49 bits per heavy atom. The van der Waals surface area contributed by atoms with Crippen molar-refractivity contribution in [3.63, 3.8) is 0 Å². The van der Waals surface area contributed by atoms with E-state index in [0.717, 1.165) is 16.5 Å². The zero-order chi connectivity index (χ0) is 26.8. The summed E-state index contributed by atoms with van der Waals surface area (Å²) < 4.78 is 84.7. The molecule has 2 N–H and O–H groups in total. The molecule has 0 aliphatic rings. The number of aryl methyl sites for hydroxylation is 1. The highest BCUT2D eigenvalue weighted by Crippen LogP contribution is 2.34. The number of benzene rings is 3. The maximum Gasteiger partial charge on any atom is 0.573 e. The topological polar surface area (TPSA) is 47.5 Å². The summed E-state index contributed by atoms with van der Waals surface area (Å²) in [7, 11) is 1.82. The van der Waals surface area contributed by atoms with Crippen LogP contribution in [0.5, 0.6) is 11.5 Å². The molecule has 0 spiro atoms. The molecule has 0 fully saturated rings. The Morgan fingerprint density at radius 1 is 0.838 bits per heavy atom. The number of nitrogens with zero attached hydrogens (tertiary/aromatic N) is 1. The van der Waals surface area contributed by atoms with E-state index < -0.39 is 12.7 Å². The Balaban J connectivity index is 1.60. The zero-order valence-corrected chi connectivity index (χ0v) is 20.3. The van der Waals surface area contributed by atoms with Crippen molar-refractivity contribution in [3.8, 4) is 11.5 Å². The molecule has 0 radical (unpaired) electrons. The molecule has 0 amide bonds. The van der Waals surface area contributed by atoms with Crippen molar-refractivity contribution in [1.29, 1.82) is 0 Å². The summed E-state index contributed by atoms with van der Waals surface area (Å²) in [5.74, 6) is -0.613. The van der Waals surface area contributed by atoms with Gasteiger partial charge in [0.1, 0.15) is 11.5 Å². The maximum atomic E-state index is 12.5. The highest BCUT2D eigenvalue weighted by Gasteiger charge is 2.31. The molecule has 4 aromatic rings. The lowest BCUT2D eigenvalue weighted by atomic mass is 10.1. The van der Waals surface area contributed by atoms with E-state index in [2.05, 4.69) is 20.1 Å². The van der Waals surface area contributed by atoms with Crippen LogP contribution in [0.1, 0.15) is 11.1 Å². The van der Waals surface area contributed by atoms with E-state index in [1.165, 1.54) is 54.4 Å². The normalized spacial score (nSPS) is 12.1. The molecule has 37 heavy (non-hydrogen) atoms. The Morgan fingerprint density at radius 3 is 2.11 bits per heavy atom. The molecular weight excluding hydrogens is 520 g/mol. The highest BCUT2D eigenvalue weighted by molar-refractivity contribution is 7.98. The van der Waals surface area contributed by atoms with E-state index in [9.17, 15) is 26.3 Å². The number of nitrogens with one attached hydrogen (secondary N) is 2. The molecule has 5 nitrogen and oxygen atoms in total. The summed E-state index contributed by atoms with van der Waals surface area (Å²) in [6.07, 6.45) is -7.60.